The van der Waals surface area contributed by atoms with E-state index < -0.39 is 8.32 Å². The molecule has 1 aromatic rings. The molecule has 0 aliphatic carbocycles. The molecule has 0 heterocycles. The molecule has 0 bridgehead atoms. The molecule has 4 nitrogen and oxygen atoms in total. The summed E-state index contributed by atoms with van der Waals surface area (Å²) in [5.74, 6) is 0. The lowest BCUT2D eigenvalue weighted by Crippen LogP contribution is -2.41. The summed E-state index contributed by atoms with van der Waals surface area (Å²) in [5, 5.41) is 3.15. The van der Waals surface area contributed by atoms with E-state index in [1.807, 2.05) is 36.4 Å². The second-order valence-corrected chi connectivity index (χ2v) is 13.0. The van der Waals surface area contributed by atoms with Crippen molar-refractivity contribution >= 4 is 14.4 Å². The molecule has 5 heteroatoms. The Balaban J connectivity index is 2.36. The molecule has 0 saturated heterocycles. The van der Waals surface area contributed by atoms with E-state index in [1.165, 1.54) is 0 Å². The lowest BCUT2D eigenvalue weighted by Gasteiger charge is -2.36. The van der Waals surface area contributed by atoms with Gasteiger partial charge in [0.05, 0.1) is 0 Å². The standard InChI is InChI=1S/C21H35NO3Si/c1-7-12-19(15-11-16-25-26(5,6)21(2,3)4)22-20(23)24-17-18-13-9-8-10-14-18/h7-10,13-14,19H,1,11-12,15-17H2,2-6H3,(H,22,23)/t19-/m0/s1. The third-order valence-corrected chi connectivity index (χ3v) is 9.49. The van der Waals surface area contributed by atoms with Crippen molar-refractivity contribution in [1.82, 2.24) is 5.32 Å². The zero-order valence-electron chi connectivity index (χ0n) is 17.0. The molecule has 146 valence electrons. The smallest absolute Gasteiger partial charge is 0.407 e. The molecular formula is C21H35NO3Si. The van der Waals surface area contributed by atoms with Crippen LogP contribution in [0.25, 0.3) is 0 Å². The minimum atomic E-state index is -1.71. The van der Waals surface area contributed by atoms with Crippen molar-refractivity contribution in [3.05, 3.63) is 48.6 Å². The van der Waals surface area contributed by atoms with Gasteiger partial charge in [0, 0.05) is 12.6 Å². The molecule has 1 atom stereocenters. The van der Waals surface area contributed by atoms with Gasteiger partial charge in [-0.25, -0.2) is 4.79 Å². The Morgan fingerprint density at radius 1 is 1.27 bits per heavy atom. The number of alkyl carbamates (subject to hydrolysis) is 1. The molecule has 1 N–H and O–H groups in total. The molecule has 1 rings (SSSR count). The second kappa shape index (κ2) is 10.5. The topological polar surface area (TPSA) is 47.6 Å². The molecule has 0 spiro atoms. The summed E-state index contributed by atoms with van der Waals surface area (Å²) in [6, 6.07) is 9.70. The van der Waals surface area contributed by atoms with E-state index in [9.17, 15) is 4.79 Å². The van der Waals surface area contributed by atoms with Crippen LogP contribution in [0, 0.1) is 0 Å². The average Bonchev–Trinajstić information content (AvgIpc) is 2.57. The summed E-state index contributed by atoms with van der Waals surface area (Å²) in [4.78, 5) is 12.0. The molecule has 26 heavy (non-hydrogen) atoms. The van der Waals surface area contributed by atoms with Crippen LogP contribution in [0.15, 0.2) is 43.0 Å². The van der Waals surface area contributed by atoms with Crippen molar-refractivity contribution in [3.63, 3.8) is 0 Å². The van der Waals surface area contributed by atoms with Gasteiger partial charge in [0.15, 0.2) is 8.32 Å². The van der Waals surface area contributed by atoms with Crippen LogP contribution < -0.4 is 5.32 Å². The monoisotopic (exact) mass is 377 g/mol. The van der Waals surface area contributed by atoms with Gasteiger partial charge in [-0.3, -0.25) is 0 Å². The van der Waals surface area contributed by atoms with Crippen LogP contribution in [-0.4, -0.2) is 27.1 Å². The first-order valence-corrected chi connectivity index (χ1v) is 12.3. The number of carbonyl (C=O) groups is 1. The van der Waals surface area contributed by atoms with E-state index in [2.05, 4.69) is 45.8 Å². The predicted molar refractivity (Wildman–Crippen MR) is 111 cm³/mol. The molecule has 0 saturated carbocycles. The highest BCUT2D eigenvalue weighted by Gasteiger charge is 2.36. The first-order chi connectivity index (χ1) is 12.2. The lowest BCUT2D eigenvalue weighted by atomic mass is 10.1. The number of hydrogen-bond donors (Lipinski definition) is 1. The van der Waals surface area contributed by atoms with Crippen LogP contribution in [0.5, 0.6) is 0 Å². The maximum atomic E-state index is 12.0. The molecule has 0 aromatic heterocycles. The van der Waals surface area contributed by atoms with Crippen molar-refractivity contribution < 1.29 is 14.0 Å². The number of amides is 1. The normalized spacial score (nSPS) is 13.1. The Morgan fingerprint density at radius 2 is 1.92 bits per heavy atom. The number of hydrogen-bond acceptors (Lipinski definition) is 3. The largest absolute Gasteiger partial charge is 0.445 e. The third kappa shape index (κ3) is 8.19. The number of nitrogens with one attached hydrogen (secondary N) is 1. The van der Waals surface area contributed by atoms with E-state index in [-0.39, 0.29) is 23.8 Å². The SMILES string of the molecule is C=CC[C@@H](CCCO[Si](C)(C)C(C)(C)C)NC(=O)OCc1ccccc1. The van der Waals surface area contributed by atoms with E-state index in [4.69, 9.17) is 9.16 Å². The van der Waals surface area contributed by atoms with E-state index in [1.54, 1.807) is 0 Å². The Morgan fingerprint density at radius 3 is 2.50 bits per heavy atom. The molecule has 0 fully saturated rings. The summed E-state index contributed by atoms with van der Waals surface area (Å²) in [6.07, 6.45) is 3.92. The Labute approximate surface area is 160 Å². The maximum absolute atomic E-state index is 12.0. The fourth-order valence-electron chi connectivity index (χ4n) is 2.26. The predicted octanol–water partition coefficient (Wildman–Crippen LogP) is 5.66. The Kier molecular flexibility index (Phi) is 9.09. The van der Waals surface area contributed by atoms with Gasteiger partial charge in [-0.1, -0.05) is 57.2 Å². The molecule has 0 radical (unpaired) electrons. The highest BCUT2D eigenvalue weighted by atomic mass is 28.4. The highest BCUT2D eigenvalue weighted by Crippen LogP contribution is 2.36. The Hall–Kier alpha value is -1.59. The van der Waals surface area contributed by atoms with Crippen molar-refractivity contribution in [1.29, 1.82) is 0 Å². The van der Waals surface area contributed by atoms with Crippen LogP contribution in [0.2, 0.25) is 18.1 Å². The van der Waals surface area contributed by atoms with Gasteiger partial charge in [-0.2, -0.15) is 0 Å². The van der Waals surface area contributed by atoms with Crippen molar-refractivity contribution in [2.24, 2.45) is 0 Å². The van der Waals surface area contributed by atoms with Crippen LogP contribution in [0.1, 0.15) is 45.6 Å². The van der Waals surface area contributed by atoms with E-state index >= 15 is 0 Å². The van der Waals surface area contributed by atoms with Crippen LogP contribution in [0.3, 0.4) is 0 Å². The zero-order valence-corrected chi connectivity index (χ0v) is 18.0. The minimum absolute atomic E-state index is 0.0267. The van der Waals surface area contributed by atoms with Gasteiger partial charge in [-0.05, 0) is 43.0 Å². The van der Waals surface area contributed by atoms with Crippen LogP contribution >= 0.6 is 0 Å². The zero-order chi connectivity index (χ0) is 19.6. The number of rotatable bonds is 10. The third-order valence-electron chi connectivity index (χ3n) is 4.95. The van der Waals surface area contributed by atoms with Gasteiger partial charge in [-0.15, -0.1) is 6.58 Å². The van der Waals surface area contributed by atoms with Gasteiger partial charge in [0.2, 0.25) is 0 Å². The van der Waals surface area contributed by atoms with Gasteiger partial charge < -0.3 is 14.5 Å². The van der Waals surface area contributed by atoms with Gasteiger partial charge in [0.1, 0.15) is 6.61 Å². The molecule has 0 aliphatic heterocycles. The van der Waals surface area contributed by atoms with E-state index in [0.717, 1.165) is 31.4 Å². The summed E-state index contributed by atoms with van der Waals surface area (Å²) < 4.78 is 11.5. The summed E-state index contributed by atoms with van der Waals surface area (Å²) in [6.45, 7) is 16.0. The fourth-order valence-corrected chi connectivity index (χ4v) is 3.34. The molecule has 0 unspecified atom stereocenters. The molecular weight excluding hydrogens is 342 g/mol. The Bertz CT molecular complexity index is 552. The molecule has 0 aliphatic rings. The van der Waals surface area contributed by atoms with Crippen molar-refractivity contribution in [2.75, 3.05) is 6.61 Å². The average molecular weight is 378 g/mol. The number of ether oxygens (including phenoxy) is 1. The highest BCUT2D eigenvalue weighted by molar-refractivity contribution is 6.74. The first kappa shape index (κ1) is 22.4. The van der Waals surface area contributed by atoms with E-state index in [0.29, 0.717) is 0 Å². The minimum Gasteiger partial charge on any atom is -0.445 e. The van der Waals surface area contributed by atoms with Gasteiger partial charge >= 0.3 is 6.09 Å². The first-order valence-electron chi connectivity index (χ1n) is 9.38. The fraction of sp³-hybridized carbons (Fsp3) is 0.571. The summed E-state index contributed by atoms with van der Waals surface area (Å²) in [5.41, 5.74) is 0.977. The number of carbonyl (C=O) groups excluding carboxylic acids is 1. The molecule has 1 amide bonds. The van der Waals surface area contributed by atoms with Crippen molar-refractivity contribution in [3.8, 4) is 0 Å². The van der Waals surface area contributed by atoms with Crippen LogP contribution in [-0.2, 0) is 15.8 Å². The lowest BCUT2D eigenvalue weighted by molar-refractivity contribution is 0.134. The quantitative estimate of drug-likeness (QED) is 0.325. The van der Waals surface area contributed by atoms with Gasteiger partial charge in [0.25, 0.3) is 0 Å². The summed E-state index contributed by atoms with van der Waals surface area (Å²) in [7, 11) is -1.71. The maximum Gasteiger partial charge on any atom is 0.407 e. The molecule has 1 aromatic carbocycles. The van der Waals surface area contributed by atoms with Crippen LogP contribution in [0.4, 0.5) is 4.79 Å². The summed E-state index contributed by atoms with van der Waals surface area (Å²) >= 11 is 0. The number of benzene rings is 1. The second-order valence-electron chi connectivity index (χ2n) is 8.18. The van der Waals surface area contributed by atoms with Crippen molar-refractivity contribution in [2.45, 2.75) is 70.8 Å².